The van der Waals surface area contributed by atoms with Gasteiger partial charge in [-0.05, 0) is 19.3 Å². The van der Waals surface area contributed by atoms with Gasteiger partial charge in [-0.25, -0.2) is 9.97 Å². The first-order chi connectivity index (χ1) is 9.06. The summed E-state index contributed by atoms with van der Waals surface area (Å²) < 4.78 is 5.76. The van der Waals surface area contributed by atoms with Crippen molar-refractivity contribution >= 4 is 17.4 Å². The van der Waals surface area contributed by atoms with E-state index in [1.807, 2.05) is 13.1 Å². The van der Waals surface area contributed by atoms with E-state index < -0.39 is 0 Å². The normalized spacial score (nSPS) is 19.7. The molecule has 1 aromatic heterocycles. The van der Waals surface area contributed by atoms with Crippen molar-refractivity contribution in [3.8, 4) is 0 Å². The topological polar surface area (TPSA) is 38.2 Å². The number of aromatic nitrogens is 2. The van der Waals surface area contributed by atoms with E-state index in [2.05, 4.69) is 28.7 Å². The van der Waals surface area contributed by atoms with Crippen LogP contribution in [0.1, 0.15) is 44.9 Å². The second kappa shape index (κ2) is 6.53. The van der Waals surface area contributed by atoms with Crippen LogP contribution in [0.3, 0.4) is 0 Å². The molecular weight excluding hydrogens is 262 g/mol. The van der Waals surface area contributed by atoms with Crippen molar-refractivity contribution in [1.29, 1.82) is 0 Å². The van der Waals surface area contributed by atoms with E-state index in [4.69, 9.17) is 16.3 Å². The Morgan fingerprint density at radius 1 is 1.42 bits per heavy atom. The van der Waals surface area contributed by atoms with Crippen molar-refractivity contribution in [2.75, 3.05) is 25.1 Å². The molecule has 1 aromatic rings. The zero-order valence-electron chi connectivity index (χ0n) is 11.9. The molecule has 106 valence electrons. The molecule has 1 aliphatic heterocycles. The van der Waals surface area contributed by atoms with Crippen LogP contribution in [0.25, 0.3) is 0 Å². The van der Waals surface area contributed by atoms with E-state index in [1.165, 1.54) is 12.8 Å². The van der Waals surface area contributed by atoms with Gasteiger partial charge in [0.2, 0.25) is 0 Å². The summed E-state index contributed by atoms with van der Waals surface area (Å²) in [5, 5.41) is 0.505. The fourth-order valence-electron chi connectivity index (χ4n) is 2.23. The molecule has 0 bridgehead atoms. The maximum absolute atomic E-state index is 6.07. The molecule has 0 spiro atoms. The van der Waals surface area contributed by atoms with E-state index in [1.54, 1.807) is 0 Å². The van der Waals surface area contributed by atoms with Crippen LogP contribution in [-0.2, 0) is 4.74 Å². The molecule has 0 radical (unpaired) electrons. The summed E-state index contributed by atoms with van der Waals surface area (Å²) in [5.41, 5.74) is 0. The predicted molar refractivity (Wildman–Crippen MR) is 78.0 cm³/mol. The number of hydrogen-bond donors (Lipinski definition) is 0. The highest BCUT2D eigenvalue weighted by Gasteiger charge is 2.18. The third kappa shape index (κ3) is 4.05. The molecule has 1 unspecified atom stereocenters. The van der Waals surface area contributed by atoms with E-state index in [-0.39, 0.29) is 5.92 Å². The van der Waals surface area contributed by atoms with Gasteiger partial charge in [-0.15, -0.1) is 0 Å². The third-order valence-corrected chi connectivity index (χ3v) is 3.55. The minimum atomic E-state index is 0.275. The molecule has 0 amide bonds. The Morgan fingerprint density at radius 2 is 2.21 bits per heavy atom. The van der Waals surface area contributed by atoms with Crippen molar-refractivity contribution < 1.29 is 4.74 Å². The van der Waals surface area contributed by atoms with E-state index >= 15 is 0 Å². The van der Waals surface area contributed by atoms with Crippen molar-refractivity contribution in [3.05, 3.63) is 17.0 Å². The molecule has 1 atom stereocenters. The smallest absolute Gasteiger partial charge is 0.135 e. The number of nitrogens with zero attached hydrogens (tertiary/aromatic N) is 3. The average Bonchev–Trinajstić information content (AvgIpc) is 2.39. The Morgan fingerprint density at radius 3 is 2.84 bits per heavy atom. The molecule has 19 heavy (non-hydrogen) atoms. The SMILES string of the molecule is CC(C)c1nc(Cl)cc(N(C)CC2CCCCO2)n1. The Labute approximate surface area is 120 Å². The average molecular weight is 284 g/mol. The second-order valence-electron chi connectivity index (χ2n) is 5.43. The summed E-state index contributed by atoms with van der Waals surface area (Å²) in [4.78, 5) is 10.9. The minimum Gasteiger partial charge on any atom is -0.376 e. The largest absolute Gasteiger partial charge is 0.376 e. The van der Waals surface area contributed by atoms with Gasteiger partial charge in [0, 0.05) is 32.2 Å². The van der Waals surface area contributed by atoms with Gasteiger partial charge in [-0.3, -0.25) is 0 Å². The number of ether oxygens (including phenoxy) is 1. The molecule has 0 N–H and O–H groups in total. The molecule has 0 aliphatic carbocycles. The summed E-state index contributed by atoms with van der Waals surface area (Å²) in [6.07, 6.45) is 3.85. The maximum Gasteiger partial charge on any atom is 0.135 e. The number of halogens is 1. The Balaban J connectivity index is 2.07. The van der Waals surface area contributed by atoms with Crippen molar-refractivity contribution in [3.63, 3.8) is 0 Å². The van der Waals surface area contributed by atoms with Crippen molar-refractivity contribution in [2.24, 2.45) is 0 Å². The summed E-state index contributed by atoms with van der Waals surface area (Å²) >= 11 is 6.07. The van der Waals surface area contributed by atoms with Crippen LogP contribution in [0.15, 0.2) is 6.07 Å². The fraction of sp³-hybridized carbons (Fsp3) is 0.714. The van der Waals surface area contributed by atoms with Crippen LogP contribution >= 0.6 is 11.6 Å². The van der Waals surface area contributed by atoms with Gasteiger partial charge in [0.25, 0.3) is 0 Å². The quantitative estimate of drug-likeness (QED) is 0.795. The lowest BCUT2D eigenvalue weighted by Crippen LogP contribution is -2.34. The second-order valence-corrected chi connectivity index (χ2v) is 5.82. The predicted octanol–water partition coefficient (Wildman–Crippen LogP) is 3.26. The molecule has 2 rings (SSSR count). The molecule has 2 heterocycles. The van der Waals surface area contributed by atoms with E-state index in [9.17, 15) is 0 Å². The van der Waals surface area contributed by atoms with Crippen LogP contribution in [-0.4, -0.2) is 36.3 Å². The van der Waals surface area contributed by atoms with Gasteiger partial charge in [0.05, 0.1) is 6.10 Å². The molecule has 1 fully saturated rings. The Bertz CT molecular complexity index is 419. The number of rotatable bonds is 4. The molecular formula is C14H22ClN3O. The first kappa shape index (κ1) is 14.5. The highest BCUT2D eigenvalue weighted by Crippen LogP contribution is 2.21. The molecule has 5 heteroatoms. The van der Waals surface area contributed by atoms with Crippen LogP contribution in [0.4, 0.5) is 5.82 Å². The Hall–Kier alpha value is -0.870. The lowest BCUT2D eigenvalue weighted by atomic mass is 10.1. The number of hydrogen-bond acceptors (Lipinski definition) is 4. The molecule has 1 saturated heterocycles. The summed E-state index contributed by atoms with van der Waals surface area (Å²) in [7, 11) is 2.03. The monoisotopic (exact) mass is 283 g/mol. The summed E-state index contributed by atoms with van der Waals surface area (Å²) in [6.45, 7) is 5.87. The third-order valence-electron chi connectivity index (χ3n) is 3.36. The molecule has 0 saturated carbocycles. The zero-order chi connectivity index (χ0) is 13.8. The number of likely N-dealkylation sites (N-methyl/N-ethyl adjacent to an activating group) is 1. The van der Waals surface area contributed by atoms with E-state index in [0.717, 1.165) is 31.2 Å². The minimum absolute atomic E-state index is 0.275. The van der Waals surface area contributed by atoms with Gasteiger partial charge in [0.15, 0.2) is 0 Å². The highest BCUT2D eigenvalue weighted by molar-refractivity contribution is 6.29. The zero-order valence-corrected chi connectivity index (χ0v) is 12.7. The van der Waals surface area contributed by atoms with Gasteiger partial charge in [-0.2, -0.15) is 0 Å². The lowest BCUT2D eigenvalue weighted by molar-refractivity contribution is 0.0215. The van der Waals surface area contributed by atoms with E-state index in [0.29, 0.717) is 11.3 Å². The lowest BCUT2D eigenvalue weighted by Gasteiger charge is -2.28. The first-order valence-corrected chi connectivity index (χ1v) is 7.31. The van der Waals surface area contributed by atoms with Crippen molar-refractivity contribution in [2.45, 2.75) is 45.1 Å². The van der Waals surface area contributed by atoms with Crippen LogP contribution < -0.4 is 4.90 Å². The fourth-order valence-corrected chi connectivity index (χ4v) is 2.41. The summed E-state index contributed by atoms with van der Waals surface area (Å²) in [6, 6.07) is 1.82. The highest BCUT2D eigenvalue weighted by atomic mass is 35.5. The standard InChI is InChI=1S/C14H22ClN3O/c1-10(2)14-16-12(15)8-13(17-14)18(3)9-11-6-4-5-7-19-11/h8,10-11H,4-7,9H2,1-3H3. The molecule has 4 nitrogen and oxygen atoms in total. The maximum atomic E-state index is 6.07. The molecule has 0 aromatic carbocycles. The van der Waals surface area contributed by atoms with Crippen LogP contribution in [0.5, 0.6) is 0 Å². The van der Waals surface area contributed by atoms with Crippen LogP contribution in [0.2, 0.25) is 5.15 Å². The molecule has 1 aliphatic rings. The van der Waals surface area contributed by atoms with Gasteiger partial charge in [0.1, 0.15) is 16.8 Å². The first-order valence-electron chi connectivity index (χ1n) is 6.93. The summed E-state index contributed by atoms with van der Waals surface area (Å²) in [5.74, 6) is 1.94. The Kier molecular flexibility index (Phi) is 4.99. The van der Waals surface area contributed by atoms with Gasteiger partial charge >= 0.3 is 0 Å². The van der Waals surface area contributed by atoms with Gasteiger partial charge < -0.3 is 9.64 Å². The van der Waals surface area contributed by atoms with Crippen LogP contribution in [0, 0.1) is 0 Å². The number of anilines is 1. The van der Waals surface area contributed by atoms with Crippen molar-refractivity contribution in [1.82, 2.24) is 9.97 Å². The van der Waals surface area contributed by atoms with Gasteiger partial charge in [-0.1, -0.05) is 25.4 Å².